The SMILES string of the molecule is [B]c1c(-c2ccccc2Cl)oc2c([C@H]3CCN(C)C[C@H]3O)c(OP(=O)(O)O)cc(O)c2c1=O. The summed E-state index contributed by atoms with van der Waals surface area (Å²) in [5.41, 5.74) is -0.885. The first-order chi connectivity index (χ1) is 15.5. The summed E-state index contributed by atoms with van der Waals surface area (Å²) in [7, 11) is 2.80. The van der Waals surface area contributed by atoms with Crippen molar-refractivity contribution < 1.29 is 33.5 Å². The highest BCUT2D eigenvalue weighted by Gasteiger charge is 2.35. The Morgan fingerprint density at radius 3 is 2.64 bits per heavy atom. The van der Waals surface area contributed by atoms with Gasteiger partial charge >= 0.3 is 7.82 Å². The second-order valence-electron chi connectivity index (χ2n) is 7.97. The standard InChI is InChI=1S/C21H20BClNO8P/c1-24-7-6-11(14(26)9-24)16-15(32-33(28,29)30)8-13(25)17-19(27)18(22)20(31-21(16)17)10-4-2-3-5-12(10)23/h2-5,8,11,14,25-26H,6-7,9H2,1H3,(H2,28,29,30)/t11-,14+/m0/s1. The number of nitrogens with zero attached hydrogens (tertiary/aromatic N) is 1. The number of phosphoric acid groups is 1. The van der Waals surface area contributed by atoms with Crippen LogP contribution in [0.4, 0.5) is 0 Å². The number of β-amino-alcohol motifs (C(OH)–C–C–N with tert-alkyl or cyclic N) is 1. The average molecular weight is 492 g/mol. The van der Waals surface area contributed by atoms with Crippen molar-refractivity contribution in [2.45, 2.75) is 18.4 Å². The second-order valence-corrected chi connectivity index (χ2v) is 9.54. The van der Waals surface area contributed by atoms with Crippen molar-refractivity contribution in [2.75, 3.05) is 20.1 Å². The number of rotatable bonds is 4. The van der Waals surface area contributed by atoms with Gasteiger partial charge in [0.2, 0.25) is 0 Å². The molecule has 0 aliphatic carbocycles. The fourth-order valence-corrected chi connectivity index (χ4v) is 4.81. The first kappa shape index (κ1) is 23.8. The number of likely N-dealkylation sites (tertiary alicyclic amines) is 1. The predicted octanol–water partition coefficient (Wildman–Crippen LogP) is 1.86. The van der Waals surface area contributed by atoms with E-state index in [2.05, 4.69) is 0 Å². The van der Waals surface area contributed by atoms with Crippen LogP contribution in [0.15, 0.2) is 39.5 Å². The Hall–Kier alpha value is -2.33. The summed E-state index contributed by atoms with van der Waals surface area (Å²) in [5.74, 6) is -1.82. The summed E-state index contributed by atoms with van der Waals surface area (Å²) in [6.45, 7) is 0.814. The van der Waals surface area contributed by atoms with Gasteiger partial charge in [-0.3, -0.25) is 14.6 Å². The zero-order chi connectivity index (χ0) is 24.1. The summed E-state index contributed by atoms with van der Waals surface area (Å²) in [4.78, 5) is 33.9. The Morgan fingerprint density at radius 1 is 1.30 bits per heavy atom. The summed E-state index contributed by atoms with van der Waals surface area (Å²) >= 11 is 6.27. The average Bonchev–Trinajstić information content (AvgIpc) is 2.71. The highest BCUT2D eigenvalue weighted by molar-refractivity contribution is 7.46. The van der Waals surface area contributed by atoms with Crippen LogP contribution in [0.3, 0.4) is 0 Å². The maximum absolute atomic E-state index is 13.2. The van der Waals surface area contributed by atoms with E-state index in [1.165, 1.54) is 0 Å². The molecule has 1 aromatic heterocycles. The number of aliphatic hydroxyl groups is 1. The largest absolute Gasteiger partial charge is 0.524 e. The highest BCUT2D eigenvalue weighted by Crippen LogP contribution is 2.48. The lowest BCUT2D eigenvalue weighted by Crippen LogP contribution is -2.40. The number of aromatic hydroxyl groups is 1. The Kier molecular flexibility index (Phi) is 6.35. The van der Waals surface area contributed by atoms with E-state index in [0.717, 1.165) is 6.07 Å². The molecule has 0 unspecified atom stereocenters. The van der Waals surface area contributed by atoms with Crippen molar-refractivity contribution >= 4 is 43.7 Å². The number of hydrogen-bond acceptors (Lipinski definition) is 7. The number of hydrogen-bond donors (Lipinski definition) is 4. The molecule has 33 heavy (non-hydrogen) atoms. The van der Waals surface area contributed by atoms with Gasteiger partial charge in [0.1, 0.15) is 36.1 Å². The van der Waals surface area contributed by atoms with Crippen molar-refractivity contribution in [1.29, 1.82) is 0 Å². The minimum atomic E-state index is -5.06. The molecular formula is C21H20BClNO8P. The van der Waals surface area contributed by atoms with Crippen LogP contribution in [0.2, 0.25) is 5.02 Å². The molecule has 1 aliphatic rings. The predicted molar refractivity (Wildman–Crippen MR) is 124 cm³/mol. The lowest BCUT2D eigenvalue weighted by molar-refractivity contribution is 0.0632. The molecule has 1 saturated heterocycles. The minimum Gasteiger partial charge on any atom is -0.507 e. The second kappa shape index (κ2) is 8.79. The fourth-order valence-electron chi connectivity index (χ4n) is 4.18. The maximum Gasteiger partial charge on any atom is 0.524 e. The fraction of sp³-hybridized carbons (Fsp3) is 0.286. The van der Waals surface area contributed by atoms with Gasteiger partial charge < -0.3 is 24.1 Å². The van der Waals surface area contributed by atoms with Crippen LogP contribution in [-0.2, 0) is 4.57 Å². The number of aliphatic hydroxyl groups excluding tert-OH is 1. The molecule has 4 rings (SSSR count). The van der Waals surface area contributed by atoms with Crippen LogP contribution in [0.25, 0.3) is 22.3 Å². The lowest BCUT2D eigenvalue weighted by Gasteiger charge is -2.34. The third kappa shape index (κ3) is 4.55. The Morgan fingerprint density at radius 2 is 2.00 bits per heavy atom. The molecule has 1 aliphatic heterocycles. The molecule has 2 aromatic carbocycles. The van der Waals surface area contributed by atoms with E-state index in [1.807, 2.05) is 11.9 Å². The molecule has 3 aromatic rings. The Balaban J connectivity index is 2.10. The zero-order valence-corrected chi connectivity index (χ0v) is 19.1. The van der Waals surface area contributed by atoms with Crippen LogP contribution < -0.4 is 15.4 Å². The molecule has 9 nitrogen and oxygen atoms in total. The van der Waals surface area contributed by atoms with Crippen LogP contribution in [0.5, 0.6) is 11.5 Å². The zero-order valence-electron chi connectivity index (χ0n) is 17.4. The number of halogens is 1. The number of phenols is 1. The molecule has 0 spiro atoms. The van der Waals surface area contributed by atoms with Crippen LogP contribution >= 0.6 is 19.4 Å². The van der Waals surface area contributed by atoms with Crippen molar-refractivity contribution in [3.05, 3.63) is 51.1 Å². The van der Waals surface area contributed by atoms with Crippen molar-refractivity contribution in [2.24, 2.45) is 0 Å². The topological polar surface area (TPSA) is 141 Å². The molecule has 1 fully saturated rings. The van der Waals surface area contributed by atoms with Crippen molar-refractivity contribution in [1.82, 2.24) is 4.90 Å². The number of phenolic OH excluding ortho intramolecular Hbond substituents is 1. The smallest absolute Gasteiger partial charge is 0.507 e. The quantitative estimate of drug-likeness (QED) is 0.318. The summed E-state index contributed by atoms with van der Waals surface area (Å²) in [6, 6.07) is 7.43. The van der Waals surface area contributed by atoms with E-state index in [4.69, 9.17) is 28.4 Å². The van der Waals surface area contributed by atoms with E-state index < -0.39 is 36.8 Å². The number of phosphoric ester groups is 1. The first-order valence-corrected chi connectivity index (χ1v) is 11.9. The van der Waals surface area contributed by atoms with Crippen LogP contribution in [0.1, 0.15) is 17.9 Å². The molecule has 0 bridgehead atoms. The molecule has 12 heteroatoms. The Labute approximate surface area is 194 Å². The summed E-state index contributed by atoms with van der Waals surface area (Å²) in [5, 5.41) is 21.3. The number of benzene rings is 2. The summed E-state index contributed by atoms with van der Waals surface area (Å²) < 4.78 is 22.5. The third-order valence-electron chi connectivity index (χ3n) is 5.67. The molecular weight excluding hydrogens is 471 g/mol. The monoisotopic (exact) mass is 491 g/mol. The summed E-state index contributed by atoms with van der Waals surface area (Å²) in [6.07, 6.45) is -0.605. The van der Waals surface area contributed by atoms with E-state index in [-0.39, 0.29) is 39.3 Å². The minimum absolute atomic E-state index is 0.0529. The number of piperidine rings is 1. The van der Waals surface area contributed by atoms with Gasteiger partial charge in [-0.1, -0.05) is 23.7 Å². The van der Waals surface area contributed by atoms with Gasteiger partial charge in [0.15, 0.2) is 5.43 Å². The van der Waals surface area contributed by atoms with E-state index in [9.17, 15) is 29.4 Å². The molecule has 172 valence electrons. The molecule has 4 N–H and O–H groups in total. The van der Waals surface area contributed by atoms with Gasteiger partial charge in [0.05, 0.1) is 11.1 Å². The van der Waals surface area contributed by atoms with Crippen molar-refractivity contribution in [3.8, 4) is 22.8 Å². The van der Waals surface area contributed by atoms with E-state index in [0.29, 0.717) is 18.5 Å². The number of fused-ring (bicyclic) bond motifs is 1. The van der Waals surface area contributed by atoms with E-state index >= 15 is 0 Å². The van der Waals surface area contributed by atoms with Crippen LogP contribution in [-0.4, -0.2) is 59.0 Å². The normalized spacial score (nSPS) is 19.7. The molecule has 0 saturated carbocycles. The van der Waals surface area contributed by atoms with Gasteiger partial charge in [-0.05, 0) is 37.6 Å². The Bertz CT molecular complexity index is 1340. The van der Waals surface area contributed by atoms with Gasteiger partial charge in [0, 0.05) is 29.7 Å². The van der Waals surface area contributed by atoms with Gasteiger partial charge in [-0.25, -0.2) is 4.57 Å². The van der Waals surface area contributed by atoms with Crippen molar-refractivity contribution in [3.63, 3.8) is 0 Å². The lowest BCUT2D eigenvalue weighted by atomic mass is 9.84. The van der Waals surface area contributed by atoms with E-state index in [1.54, 1.807) is 24.3 Å². The highest BCUT2D eigenvalue weighted by atomic mass is 35.5. The van der Waals surface area contributed by atoms with Gasteiger partial charge in [0.25, 0.3) is 0 Å². The molecule has 2 heterocycles. The van der Waals surface area contributed by atoms with Gasteiger partial charge in [-0.2, -0.15) is 0 Å². The molecule has 2 atom stereocenters. The van der Waals surface area contributed by atoms with Gasteiger partial charge in [-0.15, -0.1) is 0 Å². The van der Waals surface area contributed by atoms with Crippen LogP contribution in [0, 0.1) is 0 Å². The maximum atomic E-state index is 13.2. The third-order valence-corrected chi connectivity index (χ3v) is 6.44. The molecule has 0 amide bonds. The number of likely N-dealkylation sites (N-methyl/N-ethyl adjacent to an activating group) is 1. The first-order valence-electron chi connectivity index (χ1n) is 9.96. The molecule has 2 radical (unpaired) electrons.